The number of nitrogens with zero attached hydrogens (tertiary/aromatic N) is 4. The van der Waals surface area contributed by atoms with Crippen LogP contribution >= 0.6 is 0 Å². The number of hydrogen-bond acceptors (Lipinski definition) is 4. The first kappa shape index (κ1) is 9.45. The van der Waals surface area contributed by atoms with E-state index in [1.807, 2.05) is 7.05 Å². The predicted octanol–water partition coefficient (Wildman–Crippen LogP) is 0.257. The second-order valence-electron chi connectivity index (χ2n) is 3.22. The van der Waals surface area contributed by atoms with Crippen LogP contribution < -0.4 is 10.9 Å². The van der Waals surface area contributed by atoms with Crippen LogP contribution in [-0.4, -0.2) is 19.3 Å². The third kappa shape index (κ3) is 1.88. The molecule has 0 fully saturated rings. The summed E-state index contributed by atoms with van der Waals surface area (Å²) in [5.74, 6) is 0.299. The Kier molecular flexibility index (Phi) is 2.24. The van der Waals surface area contributed by atoms with Crippen molar-refractivity contribution in [2.45, 2.75) is 0 Å². The molecule has 6 nitrogen and oxygen atoms in total. The molecule has 0 aliphatic heterocycles. The lowest BCUT2D eigenvalue weighted by Gasteiger charge is -2.02. The van der Waals surface area contributed by atoms with E-state index in [0.29, 0.717) is 5.82 Å². The Morgan fingerprint density at radius 3 is 2.87 bits per heavy atom. The van der Waals surface area contributed by atoms with Crippen LogP contribution in [0.1, 0.15) is 0 Å². The summed E-state index contributed by atoms with van der Waals surface area (Å²) in [4.78, 5) is 15.6. The van der Waals surface area contributed by atoms with Crippen molar-refractivity contribution in [2.75, 3.05) is 5.32 Å². The summed E-state index contributed by atoms with van der Waals surface area (Å²) in [6.07, 6.45) is 6.58. The Balaban J connectivity index is 2.32. The lowest BCUT2D eigenvalue weighted by Crippen LogP contribution is -2.20. The SMILES string of the molecule is Cn1cc(Nc2nccn(C)c2=O)cn1. The fourth-order valence-corrected chi connectivity index (χ4v) is 1.21. The Morgan fingerprint density at radius 2 is 2.20 bits per heavy atom. The highest BCUT2D eigenvalue weighted by atomic mass is 16.1. The molecule has 2 heterocycles. The molecule has 15 heavy (non-hydrogen) atoms. The minimum Gasteiger partial charge on any atom is -0.333 e. The van der Waals surface area contributed by atoms with E-state index in [1.165, 1.54) is 4.57 Å². The van der Waals surface area contributed by atoms with E-state index in [0.717, 1.165) is 5.69 Å². The number of aryl methyl sites for hydroxylation is 2. The zero-order valence-electron chi connectivity index (χ0n) is 8.51. The topological polar surface area (TPSA) is 64.7 Å². The van der Waals surface area contributed by atoms with Crippen LogP contribution in [0, 0.1) is 0 Å². The van der Waals surface area contributed by atoms with Gasteiger partial charge in [0.2, 0.25) is 0 Å². The number of aromatic nitrogens is 4. The maximum Gasteiger partial charge on any atom is 0.293 e. The van der Waals surface area contributed by atoms with Crippen molar-refractivity contribution in [1.82, 2.24) is 19.3 Å². The fourth-order valence-electron chi connectivity index (χ4n) is 1.21. The summed E-state index contributed by atoms with van der Waals surface area (Å²) >= 11 is 0. The summed E-state index contributed by atoms with van der Waals surface area (Å²) in [6, 6.07) is 0. The molecule has 6 heteroatoms. The van der Waals surface area contributed by atoms with Gasteiger partial charge < -0.3 is 9.88 Å². The summed E-state index contributed by atoms with van der Waals surface area (Å²) in [7, 11) is 3.49. The van der Waals surface area contributed by atoms with Gasteiger partial charge in [-0.05, 0) is 0 Å². The molecule has 0 bridgehead atoms. The van der Waals surface area contributed by atoms with Crippen LogP contribution in [0.15, 0.2) is 29.6 Å². The van der Waals surface area contributed by atoms with Gasteiger partial charge in [0.25, 0.3) is 5.56 Å². The van der Waals surface area contributed by atoms with E-state index in [1.54, 1.807) is 36.5 Å². The van der Waals surface area contributed by atoms with Crippen molar-refractivity contribution in [3.8, 4) is 0 Å². The van der Waals surface area contributed by atoms with Gasteiger partial charge in [0.15, 0.2) is 5.82 Å². The molecular formula is C9H11N5O. The first-order chi connectivity index (χ1) is 7.16. The summed E-state index contributed by atoms with van der Waals surface area (Å²) in [5.41, 5.74) is 0.578. The minimum absolute atomic E-state index is 0.165. The van der Waals surface area contributed by atoms with Gasteiger partial charge in [-0.25, -0.2) is 4.98 Å². The maximum atomic E-state index is 11.6. The molecule has 78 valence electrons. The van der Waals surface area contributed by atoms with Crippen molar-refractivity contribution in [1.29, 1.82) is 0 Å². The standard InChI is InChI=1S/C9H11N5O/c1-13-4-3-10-8(9(13)15)12-7-5-11-14(2)6-7/h3-6H,1-2H3,(H,10,12). The lowest BCUT2D eigenvalue weighted by molar-refractivity contribution is 0.768. The van der Waals surface area contributed by atoms with Gasteiger partial charge in [0.1, 0.15) is 0 Å². The average molecular weight is 205 g/mol. The van der Waals surface area contributed by atoms with E-state index in [-0.39, 0.29) is 5.56 Å². The van der Waals surface area contributed by atoms with Crippen LogP contribution in [0.4, 0.5) is 11.5 Å². The second kappa shape index (κ2) is 3.56. The molecular weight excluding hydrogens is 194 g/mol. The predicted molar refractivity (Wildman–Crippen MR) is 56.0 cm³/mol. The second-order valence-corrected chi connectivity index (χ2v) is 3.22. The van der Waals surface area contributed by atoms with Crippen molar-refractivity contribution in [2.24, 2.45) is 14.1 Å². The van der Waals surface area contributed by atoms with E-state index in [4.69, 9.17) is 0 Å². The van der Waals surface area contributed by atoms with Gasteiger partial charge in [-0.15, -0.1) is 0 Å². The zero-order valence-corrected chi connectivity index (χ0v) is 8.51. The third-order valence-corrected chi connectivity index (χ3v) is 1.98. The molecule has 0 saturated carbocycles. The number of rotatable bonds is 2. The fraction of sp³-hybridized carbons (Fsp3) is 0.222. The molecule has 2 aromatic heterocycles. The molecule has 0 aromatic carbocycles. The summed E-state index contributed by atoms with van der Waals surface area (Å²) in [6.45, 7) is 0. The largest absolute Gasteiger partial charge is 0.333 e. The van der Waals surface area contributed by atoms with Crippen molar-refractivity contribution in [3.63, 3.8) is 0 Å². The summed E-state index contributed by atoms with van der Waals surface area (Å²) in [5, 5.41) is 6.89. The van der Waals surface area contributed by atoms with Crippen LogP contribution in [0.2, 0.25) is 0 Å². The van der Waals surface area contributed by atoms with E-state index in [2.05, 4.69) is 15.4 Å². The highest BCUT2D eigenvalue weighted by Crippen LogP contribution is 2.08. The minimum atomic E-state index is -0.165. The first-order valence-corrected chi connectivity index (χ1v) is 4.44. The zero-order chi connectivity index (χ0) is 10.8. The number of hydrogen-bond donors (Lipinski definition) is 1. The van der Waals surface area contributed by atoms with E-state index < -0.39 is 0 Å². The molecule has 0 saturated heterocycles. The smallest absolute Gasteiger partial charge is 0.293 e. The number of nitrogens with one attached hydrogen (secondary N) is 1. The molecule has 2 aromatic rings. The first-order valence-electron chi connectivity index (χ1n) is 4.44. The van der Waals surface area contributed by atoms with Crippen molar-refractivity contribution < 1.29 is 0 Å². The van der Waals surface area contributed by atoms with Crippen molar-refractivity contribution in [3.05, 3.63) is 35.1 Å². The van der Waals surface area contributed by atoms with Crippen LogP contribution in [0.25, 0.3) is 0 Å². The van der Waals surface area contributed by atoms with Crippen LogP contribution in [0.5, 0.6) is 0 Å². The molecule has 0 atom stereocenters. The van der Waals surface area contributed by atoms with Crippen molar-refractivity contribution >= 4 is 11.5 Å². The Morgan fingerprint density at radius 1 is 1.40 bits per heavy atom. The van der Waals surface area contributed by atoms with Gasteiger partial charge in [-0.3, -0.25) is 9.48 Å². The van der Waals surface area contributed by atoms with E-state index in [9.17, 15) is 4.79 Å². The molecule has 0 unspecified atom stereocenters. The van der Waals surface area contributed by atoms with Gasteiger partial charge in [-0.2, -0.15) is 5.10 Å². The van der Waals surface area contributed by atoms with Crippen LogP contribution in [-0.2, 0) is 14.1 Å². The molecule has 0 aliphatic rings. The van der Waals surface area contributed by atoms with Gasteiger partial charge in [0, 0.05) is 32.7 Å². The van der Waals surface area contributed by atoms with Crippen LogP contribution in [0.3, 0.4) is 0 Å². The molecule has 0 aliphatic carbocycles. The molecule has 1 N–H and O–H groups in total. The van der Waals surface area contributed by atoms with E-state index >= 15 is 0 Å². The van der Waals surface area contributed by atoms with Gasteiger partial charge in [0.05, 0.1) is 11.9 Å². The Bertz CT molecular complexity index is 527. The maximum absolute atomic E-state index is 11.6. The van der Waals surface area contributed by atoms with Gasteiger partial charge >= 0.3 is 0 Å². The highest BCUT2D eigenvalue weighted by Gasteiger charge is 2.03. The Hall–Kier alpha value is -2.11. The third-order valence-electron chi connectivity index (χ3n) is 1.98. The highest BCUT2D eigenvalue weighted by molar-refractivity contribution is 5.52. The van der Waals surface area contributed by atoms with Gasteiger partial charge in [-0.1, -0.05) is 0 Å². The normalized spacial score (nSPS) is 10.3. The quantitative estimate of drug-likeness (QED) is 0.763. The summed E-state index contributed by atoms with van der Waals surface area (Å²) < 4.78 is 3.11. The molecule has 0 amide bonds. The monoisotopic (exact) mass is 205 g/mol. The molecule has 0 spiro atoms. The molecule has 0 radical (unpaired) electrons. The number of anilines is 2. The average Bonchev–Trinajstić information content (AvgIpc) is 2.59. The Labute approximate surface area is 86.2 Å². The molecule has 2 rings (SSSR count). The lowest BCUT2D eigenvalue weighted by atomic mass is 10.5.